The van der Waals surface area contributed by atoms with Crippen molar-refractivity contribution in [2.75, 3.05) is 19.6 Å². The van der Waals surface area contributed by atoms with Gasteiger partial charge in [-0.25, -0.2) is 0 Å². The fraction of sp³-hybridized carbons (Fsp3) is 0.571. The third kappa shape index (κ3) is 3.47. The van der Waals surface area contributed by atoms with E-state index in [0.717, 1.165) is 28.5 Å². The Balaban J connectivity index is 2.21. The van der Waals surface area contributed by atoms with Crippen molar-refractivity contribution < 1.29 is 0 Å². The highest BCUT2D eigenvalue weighted by Gasteiger charge is 2.28. The highest BCUT2D eigenvalue weighted by Crippen LogP contribution is 2.35. The zero-order valence-electron chi connectivity index (χ0n) is 10.7. The van der Waals surface area contributed by atoms with Crippen molar-refractivity contribution in [3.63, 3.8) is 0 Å². The topological polar surface area (TPSA) is 29.3 Å². The summed E-state index contributed by atoms with van der Waals surface area (Å²) in [5.41, 5.74) is 7.19. The van der Waals surface area contributed by atoms with Crippen LogP contribution in [-0.4, -0.2) is 24.5 Å². The zero-order valence-corrected chi connectivity index (χ0v) is 13.0. The summed E-state index contributed by atoms with van der Waals surface area (Å²) in [5.74, 6) is 0.872. The summed E-state index contributed by atoms with van der Waals surface area (Å²) < 4.78 is 1.09. The summed E-state index contributed by atoms with van der Waals surface area (Å²) in [5, 5.41) is 0.772. The molecule has 0 spiro atoms. The molecule has 2 N–H and O–H groups in total. The third-order valence-corrected chi connectivity index (χ3v) is 4.53. The number of hydrogen-bond acceptors (Lipinski definition) is 2. The van der Waals surface area contributed by atoms with E-state index >= 15 is 0 Å². The first kappa shape index (κ1) is 14.3. The Morgan fingerprint density at radius 3 is 2.78 bits per heavy atom. The van der Waals surface area contributed by atoms with E-state index in [2.05, 4.69) is 27.8 Å². The van der Waals surface area contributed by atoms with Gasteiger partial charge in [0.05, 0.1) is 0 Å². The molecule has 1 unspecified atom stereocenters. The van der Waals surface area contributed by atoms with E-state index in [0.29, 0.717) is 6.54 Å². The maximum absolute atomic E-state index is 6.10. The van der Waals surface area contributed by atoms with Crippen LogP contribution < -0.4 is 5.73 Å². The molecule has 1 saturated carbocycles. The van der Waals surface area contributed by atoms with E-state index in [9.17, 15) is 0 Å². The summed E-state index contributed by atoms with van der Waals surface area (Å²) in [6.45, 7) is 5.00. The van der Waals surface area contributed by atoms with Crippen LogP contribution in [0.25, 0.3) is 0 Å². The lowest BCUT2D eigenvalue weighted by atomic mass is 10.0. The van der Waals surface area contributed by atoms with E-state index in [1.807, 2.05) is 18.2 Å². The molecule has 0 aromatic heterocycles. The molecule has 100 valence electrons. The maximum atomic E-state index is 6.10. The van der Waals surface area contributed by atoms with E-state index < -0.39 is 0 Å². The van der Waals surface area contributed by atoms with Crippen molar-refractivity contribution >= 4 is 27.5 Å². The number of hydrogen-bond donors (Lipinski definition) is 1. The van der Waals surface area contributed by atoms with Crippen LogP contribution in [0.4, 0.5) is 0 Å². The van der Waals surface area contributed by atoms with Crippen molar-refractivity contribution in [3.8, 4) is 0 Å². The molecule has 0 bridgehead atoms. The second-order valence-corrected chi connectivity index (χ2v) is 6.24. The van der Waals surface area contributed by atoms with Gasteiger partial charge in [0, 0.05) is 28.6 Å². The van der Waals surface area contributed by atoms with Gasteiger partial charge in [-0.2, -0.15) is 0 Å². The number of nitrogens with zero attached hydrogens (tertiary/aromatic N) is 1. The molecule has 1 aliphatic rings. The standard InChI is InChI=1S/C14H20BrClN2/c1-2-18(9-10-3-4-10)14(8-17)12-7-11(16)5-6-13(12)15/h5-7,10,14H,2-4,8-9,17H2,1H3. The number of halogens is 2. The van der Waals surface area contributed by atoms with Gasteiger partial charge in [-0.1, -0.05) is 34.5 Å². The summed E-state index contributed by atoms with van der Waals surface area (Å²) in [6, 6.07) is 6.19. The van der Waals surface area contributed by atoms with Crippen molar-refractivity contribution in [2.24, 2.45) is 11.7 Å². The quantitative estimate of drug-likeness (QED) is 0.858. The van der Waals surface area contributed by atoms with Gasteiger partial charge in [-0.15, -0.1) is 0 Å². The molecular weight excluding hydrogens is 312 g/mol. The molecule has 1 aromatic rings. The zero-order chi connectivity index (χ0) is 13.1. The van der Waals surface area contributed by atoms with Gasteiger partial charge in [0.1, 0.15) is 0 Å². The highest BCUT2D eigenvalue weighted by atomic mass is 79.9. The predicted octanol–water partition coefficient (Wildman–Crippen LogP) is 3.83. The fourth-order valence-electron chi connectivity index (χ4n) is 2.35. The van der Waals surface area contributed by atoms with Gasteiger partial charge in [0.15, 0.2) is 0 Å². The summed E-state index contributed by atoms with van der Waals surface area (Å²) in [7, 11) is 0. The summed E-state index contributed by atoms with van der Waals surface area (Å²) in [6.07, 6.45) is 2.73. The van der Waals surface area contributed by atoms with E-state index in [1.54, 1.807) is 0 Å². The van der Waals surface area contributed by atoms with Crippen LogP contribution in [-0.2, 0) is 0 Å². The molecule has 1 fully saturated rings. The fourth-order valence-corrected chi connectivity index (χ4v) is 3.04. The van der Waals surface area contributed by atoms with Gasteiger partial charge in [-0.05, 0) is 49.1 Å². The van der Waals surface area contributed by atoms with Crippen molar-refractivity contribution in [1.29, 1.82) is 0 Å². The molecule has 2 nitrogen and oxygen atoms in total. The number of benzene rings is 1. The largest absolute Gasteiger partial charge is 0.329 e. The number of likely N-dealkylation sites (N-methyl/N-ethyl adjacent to an activating group) is 1. The van der Waals surface area contributed by atoms with Crippen molar-refractivity contribution in [3.05, 3.63) is 33.3 Å². The maximum Gasteiger partial charge on any atom is 0.0482 e. The Kier molecular flexibility index (Phi) is 5.07. The lowest BCUT2D eigenvalue weighted by Gasteiger charge is -2.31. The Morgan fingerprint density at radius 1 is 1.50 bits per heavy atom. The highest BCUT2D eigenvalue weighted by molar-refractivity contribution is 9.10. The molecule has 0 aliphatic heterocycles. The third-order valence-electron chi connectivity index (χ3n) is 3.58. The van der Waals surface area contributed by atoms with Crippen LogP contribution in [0, 0.1) is 5.92 Å². The minimum absolute atomic E-state index is 0.253. The van der Waals surface area contributed by atoms with Crippen molar-refractivity contribution in [1.82, 2.24) is 4.90 Å². The van der Waals surface area contributed by atoms with E-state index in [-0.39, 0.29) is 6.04 Å². The molecule has 2 rings (SSSR count). The molecule has 18 heavy (non-hydrogen) atoms. The van der Waals surface area contributed by atoms with E-state index in [1.165, 1.54) is 18.4 Å². The van der Waals surface area contributed by atoms with Crippen LogP contribution >= 0.6 is 27.5 Å². The number of nitrogens with two attached hydrogens (primary N) is 1. The average molecular weight is 332 g/mol. The van der Waals surface area contributed by atoms with Gasteiger partial charge < -0.3 is 5.73 Å². The second kappa shape index (κ2) is 6.38. The lowest BCUT2D eigenvalue weighted by molar-refractivity contribution is 0.203. The van der Waals surface area contributed by atoms with Crippen LogP contribution in [0.2, 0.25) is 5.02 Å². The second-order valence-electron chi connectivity index (χ2n) is 4.95. The Morgan fingerprint density at radius 2 is 2.22 bits per heavy atom. The Bertz CT molecular complexity index is 407. The molecule has 0 heterocycles. The first-order valence-electron chi connectivity index (χ1n) is 6.54. The molecule has 1 aromatic carbocycles. The van der Waals surface area contributed by atoms with Crippen LogP contribution in [0.5, 0.6) is 0 Å². The number of rotatable bonds is 6. The predicted molar refractivity (Wildman–Crippen MR) is 80.9 cm³/mol. The van der Waals surface area contributed by atoms with Gasteiger partial charge in [0.2, 0.25) is 0 Å². The Labute approximate surface area is 123 Å². The van der Waals surface area contributed by atoms with Crippen molar-refractivity contribution in [2.45, 2.75) is 25.8 Å². The van der Waals surface area contributed by atoms with Crippen LogP contribution in [0.1, 0.15) is 31.4 Å². The van der Waals surface area contributed by atoms with Crippen LogP contribution in [0.3, 0.4) is 0 Å². The van der Waals surface area contributed by atoms with Crippen LogP contribution in [0.15, 0.2) is 22.7 Å². The molecule has 0 radical (unpaired) electrons. The SMILES string of the molecule is CCN(CC1CC1)C(CN)c1cc(Cl)ccc1Br. The summed E-state index contributed by atoms with van der Waals surface area (Å²) >= 11 is 9.71. The van der Waals surface area contributed by atoms with Gasteiger partial charge in [-0.3, -0.25) is 4.90 Å². The lowest BCUT2D eigenvalue weighted by Crippen LogP contribution is -2.35. The average Bonchev–Trinajstić information content (AvgIpc) is 3.17. The molecule has 1 aliphatic carbocycles. The monoisotopic (exact) mass is 330 g/mol. The van der Waals surface area contributed by atoms with Gasteiger partial charge >= 0.3 is 0 Å². The molecule has 0 saturated heterocycles. The normalized spacial score (nSPS) is 17.2. The first-order valence-corrected chi connectivity index (χ1v) is 7.71. The summed E-state index contributed by atoms with van der Waals surface area (Å²) in [4.78, 5) is 2.47. The first-order chi connectivity index (χ1) is 8.65. The Hall–Kier alpha value is -0.0900. The van der Waals surface area contributed by atoms with Gasteiger partial charge in [0.25, 0.3) is 0 Å². The minimum Gasteiger partial charge on any atom is -0.329 e. The molecule has 1 atom stereocenters. The minimum atomic E-state index is 0.253. The molecule has 4 heteroatoms. The molecular formula is C14H20BrClN2. The molecule has 0 amide bonds. The van der Waals surface area contributed by atoms with E-state index in [4.69, 9.17) is 17.3 Å². The smallest absolute Gasteiger partial charge is 0.0482 e.